The van der Waals surface area contributed by atoms with Crippen molar-refractivity contribution in [2.24, 2.45) is 0 Å². The number of pyridine rings is 1. The summed E-state index contributed by atoms with van der Waals surface area (Å²) in [6.45, 7) is 2.95. The van der Waals surface area contributed by atoms with E-state index >= 15 is 0 Å². The minimum absolute atomic E-state index is 0.886. The number of fused-ring (bicyclic) bond motifs is 1. The molecule has 0 amide bonds. The second kappa shape index (κ2) is 5.19. The molecule has 1 aliphatic rings. The van der Waals surface area contributed by atoms with E-state index in [9.17, 15) is 0 Å². The molecule has 0 aliphatic carbocycles. The lowest BCUT2D eigenvalue weighted by Gasteiger charge is -2.29. The van der Waals surface area contributed by atoms with E-state index in [-0.39, 0.29) is 0 Å². The Morgan fingerprint density at radius 2 is 2.00 bits per heavy atom. The van der Waals surface area contributed by atoms with Gasteiger partial charge in [-0.15, -0.1) is 0 Å². The number of hydrogen-bond donors (Lipinski definition) is 1. The van der Waals surface area contributed by atoms with Crippen molar-refractivity contribution < 1.29 is 0 Å². The van der Waals surface area contributed by atoms with Gasteiger partial charge in [0, 0.05) is 24.8 Å². The largest absolute Gasteiger partial charge is 0.357 e. The monoisotopic (exact) mass is 239 g/mol. The average molecular weight is 239 g/mol. The number of anilines is 1. The summed E-state index contributed by atoms with van der Waals surface area (Å²) in [4.78, 5) is 6.75. The van der Waals surface area contributed by atoms with Crippen LogP contribution in [0, 0.1) is 0 Å². The van der Waals surface area contributed by atoms with Crippen LogP contribution in [-0.2, 0) is 13.0 Å². The highest BCUT2D eigenvalue weighted by Crippen LogP contribution is 2.18. The summed E-state index contributed by atoms with van der Waals surface area (Å²) in [5.74, 6) is 1.04. The summed E-state index contributed by atoms with van der Waals surface area (Å²) in [5, 5.41) is 3.36. The van der Waals surface area contributed by atoms with E-state index in [1.165, 1.54) is 11.1 Å². The zero-order valence-electron chi connectivity index (χ0n) is 10.3. The zero-order chi connectivity index (χ0) is 12.2. The lowest BCUT2D eigenvalue weighted by molar-refractivity contribution is 0.278. The topological polar surface area (TPSA) is 28.2 Å². The van der Waals surface area contributed by atoms with Crippen molar-refractivity contribution in [3.8, 4) is 0 Å². The third-order valence-electron chi connectivity index (χ3n) is 3.31. The smallest absolute Gasteiger partial charge is 0.131 e. The zero-order valence-corrected chi connectivity index (χ0v) is 10.3. The van der Waals surface area contributed by atoms with Gasteiger partial charge in [-0.3, -0.25) is 4.90 Å². The molecule has 0 saturated heterocycles. The van der Waals surface area contributed by atoms with Crippen LogP contribution in [-0.4, -0.2) is 23.1 Å². The minimum Gasteiger partial charge on any atom is -0.357 e. The Kier molecular flexibility index (Phi) is 3.24. The van der Waals surface area contributed by atoms with Gasteiger partial charge >= 0.3 is 0 Å². The summed E-state index contributed by atoms with van der Waals surface area (Å²) in [6.07, 6.45) is 2.93. The Balaban J connectivity index is 1.60. The molecular formula is C15H17N3. The molecule has 0 atom stereocenters. The Bertz CT molecular complexity index is 510. The molecule has 2 aromatic rings. The molecule has 92 valence electrons. The molecule has 18 heavy (non-hydrogen) atoms. The third-order valence-corrected chi connectivity index (χ3v) is 3.31. The molecular weight excluding hydrogens is 222 g/mol. The van der Waals surface area contributed by atoms with Crippen molar-refractivity contribution in [2.45, 2.75) is 13.0 Å². The van der Waals surface area contributed by atoms with E-state index in [2.05, 4.69) is 51.6 Å². The van der Waals surface area contributed by atoms with Crippen LogP contribution < -0.4 is 5.32 Å². The van der Waals surface area contributed by atoms with Crippen molar-refractivity contribution in [3.63, 3.8) is 0 Å². The van der Waals surface area contributed by atoms with Crippen LogP contribution >= 0.6 is 0 Å². The van der Waals surface area contributed by atoms with Crippen molar-refractivity contribution in [3.05, 3.63) is 59.8 Å². The van der Waals surface area contributed by atoms with E-state index in [0.29, 0.717) is 0 Å². The number of aromatic nitrogens is 1. The van der Waals surface area contributed by atoms with E-state index in [1.807, 2.05) is 12.3 Å². The Labute approximate surface area is 107 Å². The molecule has 1 aliphatic heterocycles. The highest BCUT2D eigenvalue weighted by molar-refractivity contribution is 5.45. The van der Waals surface area contributed by atoms with Gasteiger partial charge < -0.3 is 5.32 Å². The van der Waals surface area contributed by atoms with Crippen molar-refractivity contribution in [2.75, 3.05) is 18.5 Å². The fraction of sp³-hybridized carbons (Fsp3) is 0.267. The second-order valence-electron chi connectivity index (χ2n) is 4.63. The molecule has 0 fully saturated rings. The fourth-order valence-electron chi connectivity index (χ4n) is 2.30. The first-order valence-corrected chi connectivity index (χ1v) is 6.36. The number of hydrogen-bond acceptors (Lipinski definition) is 3. The van der Waals surface area contributed by atoms with Gasteiger partial charge in [-0.2, -0.15) is 0 Å². The van der Waals surface area contributed by atoms with Crippen molar-refractivity contribution in [1.82, 2.24) is 9.88 Å². The molecule has 3 nitrogen and oxygen atoms in total. The highest BCUT2D eigenvalue weighted by atomic mass is 15.3. The average Bonchev–Trinajstić information content (AvgIpc) is 2.46. The van der Waals surface area contributed by atoms with Gasteiger partial charge in [0.15, 0.2) is 0 Å². The van der Waals surface area contributed by atoms with Crippen molar-refractivity contribution in [1.29, 1.82) is 0 Å². The van der Waals surface area contributed by atoms with Crippen LogP contribution in [0.25, 0.3) is 0 Å². The van der Waals surface area contributed by atoms with Gasteiger partial charge in [-0.1, -0.05) is 36.4 Å². The van der Waals surface area contributed by atoms with Crippen LogP contribution in [0.1, 0.15) is 11.1 Å². The molecule has 0 spiro atoms. The van der Waals surface area contributed by atoms with Gasteiger partial charge in [0.05, 0.1) is 6.67 Å². The normalized spacial score (nSPS) is 14.9. The van der Waals surface area contributed by atoms with Crippen LogP contribution in [0.15, 0.2) is 48.7 Å². The molecule has 0 radical (unpaired) electrons. The summed E-state index contributed by atoms with van der Waals surface area (Å²) in [6, 6.07) is 14.8. The summed E-state index contributed by atoms with van der Waals surface area (Å²) >= 11 is 0. The van der Waals surface area contributed by atoms with Gasteiger partial charge in [0.2, 0.25) is 0 Å². The van der Waals surface area contributed by atoms with Crippen LogP contribution in [0.3, 0.4) is 0 Å². The van der Waals surface area contributed by atoms with E-state index in [1.54, 1.807) is 0 Å². The molecule has 1 N–H and O–H groups in total. The first-order valence-electron chi connectivity index (χ1n) is 6.36. The number of nitrogens with one attached hydrogen (secondary N) is 1. The Morgan fingerprint density at radius 3 is 2.89 bits per heavy atom. The Hall–Kier alpha value is -1.87. The first-order chi connectivity index (χ1) is 8.92. The number of benzene rings is 1. The highest BCUT2D eigenvalue weighted by Gasteiger charge is 2.15. The van der Waals surface area contributed by atoms with Crippen molar-refractivity contribution >= 4 is 5.82 Å². The van der Waals surface area contributed by atoms with E-state index in [4.69, 9.17) is 0 Å². The molecule has 1 aromatic heterocycles. The standard InChI is InChI=1S/C15H17N3/c1-2-5-13(6-3-1)8-10-18-11-14-7-4-9-16-15(14)17-12-18/h1-7,9H,8,10-12H2,(H,16,17). The molecule has 0 bridgehead atoms. The van der Waals surface area contributed by atoms with Crippen LogP contribution in [0.5, 0.6) is 0 Å². The maximum absolute atomic E-state index is 4.33. The quantitative estimate of drug-likeness (QED) is 0.892. The minimum atomic E-state index is 0.886. The van der Waals surface area contributed by atoms with E-state index < -0.39 is 0 Å². The first kappa shape index (κ1) is 11.2. The maximum atomic E-state index is 4.33. The summed E-state index contributed by atoms with van der Waals surface area (Å²) in [7, 11) is 0. The van der Waals surface area contributed by atoms with Gasteiger partial charge in [-0.25, -0.2) is 4.98 Å². The molecule has 0 unspecified atom stereocenters. The van der Waals surface area contributed by atoms with Gasteiger partial charge in [0.1, 0.15) is 5.82 Å². The van der Waals surface area contributed by atoms with Crippen LogP contribution in [0.2, 0.25) is 0 Å². The third kappa shape index (κ3) is 2.51. The molecule has 3 heteroatoms. The van der Waals surface area contributed by atoms with Gasteiger partial charge in [-0.05, 0) is 18.1 Å². The maximum Gasteiger partial charge on any atom is 0.131 e. The predicted octanol–water partition coefficient (Wildman–Crippen LogP) is 2.51. The molecule has 2 heterocycles. The fourth-order valence-corrected chi connectivity index (χ4v) is 2.30. The SMILES string of the molecule is c1ccc(CCN2CNc3ncccc3C2)cc1. The lowest BCUT2D eigenvalue weighted by atomic mass is 10.1. The number of rotatable bonds is 3. The summed E-state index contributed by atoms with van der Waals surface area (Å²) in [5.41, 5.74) is 2.69. The second-order valence-corrected chi connectivity index (χ2v) is 4.63. The number of nitrogens with zero attached hydrogens (tertiary/aromatic N) is 2. The molecule has 1 aromatic carbocycles. The Morgan fingerprint density at radius 1 is 1.11 bits per heavy atom. The molecule has 0 saturated carbocycles. The predicted molar refractivity (Wildman–Crippen MR) is 73.3 cm³/mol. The summed E-state index contributed by atoms with van der Waals surface area (Å²) < 4.78 is 0. The van der Waals surface area contributed by atoms with E-state index in [0.717, 1.165) is 32.0 Å². The lowest BCUT2D eigenvalue weighted by Crippen LogP contribution is -2.35. The van der Waals surface area contributed by atoms with Crippen LogP contribution in [0.4, 0.5) is 5.82 Å². The molecule has 3 rings (SSSR count). The van der Waals surface area contributed by atoms with Gasteiger partial charge in [0.25, 0.3) is 0 Å².